The van der Waals surface area contributed by atoms with Gasteiger partial charge in [0.05, 0.1) is 10.7 Å². The molecule has 0 atom stereocenters. The van der Waals surface area contributed by atoms with Crippen LogP contribution in [0.2, 0.25) is 0 Å². The fourth-order valence-electron chi connectivity index (χ4n) is 1.88. The summed E-state index contributed by atoms with van der Waals surface area (Å²) in [4.78, 5) is 4.50. The van der Waals surface area contributed by atoms with Crippen molar-refractivity contribution in [1.29, 1.82) is 0 Å². The highest BCUT2D eigenvalue weighted by atomic mass is 79.9. The van der Waals surface area contributed by atoms with Gasteiger partial charge in [-0.3, -0.25) is 0 Å². The van der Waals surface area contributed by atoms with Crippen LogP contribution >= 0.6 is 15.9 Å². The maximum atomic E-state index is 4.50. The maximum absolute atomic E-state index is 4.50. The third-order valence-electron chi connectivity index (χ3n) is 2.76. The van der Waals surface area contributed by atoms with Crippen LogP contribution in [0, 0.1) is 12.8 Å². The Kier molecular flexibility index (Phi) is 4.71. The van der Waals surface area contributed by atoms with Gasteiger partial charge in [-0.2, -0.15) is 5.10 Å². The Morgan fingerprint density at radius 1 is 1.37 bits per heavy atom. The molecule has 0 aliphatic heterocycles. The first kappa shape index (κ1) is 14.2. The summed E-state index contributed by atoms with van der Waals surface area (Å²) in [5, 5.41) is 7.68. The molecule has 2 heterocycles. The minimum absolute atomic E-state index is 0.662. The lowest BCUT2D eigenvalue weighted by Gasteiger charge is -2.10. The molecular formula is C14H19BrN4. The van der Waals surface area contributed by atoms with Crippen LogP contribution in [-0.4, -0.2) is 21.3 Å². The zero-order chi connectivity index (χ0) is 13.8. The van der Waals surface area contributed by atoms with E-state index in [1.807, 2.05) is 12.4 Å². The minimum atomic E-state index is 0.662. The molecule has 102 valence electrons. The van der Waals surface area contributed by atoms with E-state index in [-0.39, 0.29) is 0 Å². The number of hydrogen-bond acceptors (Lipinski definition) is 3. The van der Waals surface area contributed by atoms with Crippen molar-refractivity contribution < 1.29 is 0 Å². The number of nitrogens with one attached hydrogen (secondary N) is 1. The standard InChI is InChI=1S/C14H19BrN4/c1-10(2)5-16-6-12-4-11(3)14(17-7-12)19-9-13(15)8-18-19/h4,7-10,16H,5-6H2,1-3H3. The van der Waals surface area contributed by atoms with E-state index in [1.54, 1.807) is 10.9 Å². The van der Waals surface area contributed by atoms with Crippen molar-refractivity contribution in [1.82, 2.24) is 20.1 Å². The van der Waals surface area contributed by atoms with Crippen molar-refractivity contribution in [3.05, 3.63) is 40.3 Å². The first-order valence-electron chi connectivity index (χ1n) is 6.43. The first-order chi connectivity index (χ1) is 9.06. The fourth-order valence-corrected chi connectivity index (χ4v) is 2.17. The fraction of sp³-hybridized carbons (Fsp3) is 0.429. The number of hydrogen-bond donors (Lipinski definition) is 1. The molecule has 5 heteroatoms. The van der Waals surface area contributed by atoms with Crippen LogP contribution in [0.15, 0.2) is 29.1 Å². The van der Waals surface area contributed by atoms with E-state index in [9.17, 15) is 0 Å². The van der Waals surface area contributed by atoms with Crippen molar-refractivity contribution in [3.8, 4) is 5.82 Å². The second-order valence-corrected chi connectivity index (χ2v) is 6.03. The van der Waals surface area contributed by atoms with E-state index in [4.69, 9.17) is 0 Å². The first-order valence-corrected chi connectivity index (χ1v) is 7.22. The number of halogens is 1. The van der Waals surface area contributed by atoms with Gasteiger partial charge in [0.1, 0.15) is 0 Å². The second kappa shape index (κ2) is 6.30. The topological polar surface area (TPSA) is 42.7 Å². The van der Waals surface area contributed by atoms with Gasteiger partial charge >= 0.3 is 0 Å². The molecule has 0 saturated heterocycles. The monoisotopic (exact) mass is 322 g/mol. The molecule has 2 rings (SSSR count). The second-order valence-electron chi connectivity index (χ2n) is 5.11. The van der Waals surface area contributed by atoms with Crippen LogP contribution in [0.3, 0.4) is 0 Å². The Hall–Kier alpha value is -1.20. The van der Waals surface area contributed by atoms with Gasteiger partial charge < -0.3 is 5.32 Å². The lowest BCUT2D eigenvalue weighted by atomic mass is 10.2. The lowest BCUT2D eigenvalue weighted by molar-refractivity contribution is 0.551. The Labute approximate surface area is 122 Å². The molecule has 0 aliphatic carbocycles. The van der Waals surface area contributed by atoms with E-state index >= 15 is 0 Å². The minimum Gasteiger partial charge on any atom is -0.312 e. The molecule has 1 N–H and O–H groups in total. The third kappa shape index (κ3) is 3.88. The van der Waals surface area contributed by atoms with Crippen molar-refractivity contribution in [2.24, 2.45) is 5.92 Å². The molecule has 0 saturated carbocycles. The SMILES string of the molecule is Cc1cc(CNCC(C)C)cnc1-n1cc(Br)cn1. The average molecular weight is 323 g/mol. The molecule has 19 heavy (non-hydrogen) atoms. The van der Waals surface area contributed by atoms with E-state index < -0.39 is 0 Å². The van der Waals surface area contributed by atoms with Gasteiger partial charge in [0, 0.05) is 18.9 Å². The number of aromatic nitrogens is 3. The molecule has 2 aromatic rings. The van der Waals surface area contributed by atoms with Gasteiger partial charge in [-0.15, -0.1) is 0 Å². The molecule has 4 nitrogen and oxygen atoms in total. The van der Waals surface area contributed by atoms with Crippen molar-refractivity contribution >= 4 is 15.9 Å². The highest BCUT2D eigenvalue weighted by Crippen LogP contribution is 2.15. The summed E-state index contributed by atoms with van der Waals surface area (Å²) in [6, 6.07) is 2.16. The highest BCUT2D eigenvalue weighted by molar-refractivity contribution is 9.10. The predicted molar refractivity (Wildman–Crippen MR) is 80.3 cm³/mol. The summed E-state index contributed by atoms with van der Waals surface area (Å²) in [6.45, 7) is 8.34. The van der Waals surface area contributed by atoms with Gasteiger partial charge in [-0.05, 0) is 52.5 Å². The molecular weight excluding hydrogens is 304 g/mol. The third-order valence-corrected chi connectivity index (χ3v) is 3.17. The summed E-state index contributed by atoms with van der Waals surface area (Å²) >= 11 is 3.40. The number of nitrogens with zero attached hydrogens (tertiary/aromatic N) is 3. The van der Waals surface area contributed by atoms with Crippen molar-refractivity contribution in [2.75, 3.05) is 6.54 Å². The average Bonchev–Trinajstić information content (AvgIpc) is 2.75. The molecule has 2 aromatic heterocycles. The van der Waals surface area contributed by atoms with Gasteiger partial charge in [-0.1, -0.05) is 13.8 Å². The molecule has 0 aliphatic rings. The molecule has 0 fully saturated rings. The Morgan fingerprint density at radius 2 is 2.16 bits per heavy atom. The number of aryl methyl sites for hydroxylation is 1. The molecule has 0 unspecified atom stereocenters. The molecule has 0 spiro atoms. The summed E-state index contributed by atoms with van der Waals surface area (Å²) in [5.74, 6) is 1.54. The zero-order valence-electron chi connectivity index (χ0n) is 11.5. The number of rotatable bonds is 5. The summed E-state index contributed by atoms with van der Waals surface area (Å²) in [7, 11) is 0. The van der Waals surface area contributed by atoms with Crippen LogP contribution in [-0.2, 0) is 6.54 Å². The summed E-state index contributed by atoms with van der Waals surface area (Å²) < 4.78 is 2.74. The van der Waals surface area contributed by atoms with E-state index in [1.165, 1.54) is 5.56 Å². The van der Waals surface area contributed by atoms with Crippen LogP contribution in [0.1, 0.15) is 25.0 Å². The van der Waals surface area contributed by atoms with Crippen molar-refractivity contribution in [3.63, 3.8) is 0 Å². The van der Waals surface area contributed by atoms with Gasteiger partial charge in [0.25, 0.3) is 0 Å². The van der Waals surface area contributed by atoms with E-state index in [0.29, 0.717) is 5.92 Å². The van der Waals surface area contributed by atoms with Crippen LogP contribution in [0.5, 0.6) is 0 Å². The predicted octanol–water partition coefficient (Wildman–Crippen LogP) is 3.08. The van der Waals surface area contributed by atoms with E-state index in [0.717, 1.165) is 28.9 Å². The molecule has 0 amide bonds. The lowest BCUT2D eigenvalue weighted by Crippen LogP contribution is -2.19. The van der Waals surface area contributed by atoms with Gasteiger partial charge in [-0.25, -0.2) is 9.67 Å². The Bertz CT molecular complexity index is 548. The normalized spacial score (nSPS) is 11.2. The van der Waals surface area contributed by atoms with Gasteiger partial charge in [0.15, 0.2) is 5.82 Å². The zero-order valence-corrected chi connectivity index (χ0v) is 13.1. The van der Waals surface area contributed by atoms with Crippen LogP contribution < -0.4 is 5.32 Å². The Balaban J connectivity index is 2.09. The van der Waals surface area contributed by atoms with Gasteiger partial charge in [0.2, 0.25) is 0 Å². The summed E-state index contributed by atoms with van der Waals surface area (Å²) in [5.41, 5.74) is 2.33. The maximum Gasteiger partial charge on any atom is 0.156 e. The molecule has 0 aromatic carbocycles. The van der Waals surface area contributed by atoms with Crippen molar-refractivity contribution in [2.45, 2.75) is 27.3 Å². The largest absolute Gasteiger partial charge is 0.312 e. The molecule has 0 bridgehead atoms. The Morgan fingerprint density at radius 3 is 2.74 bits per heavy atom. The highest BCUT2D eigenvalue weighted by Gasteiger charge is 2.05. The quantitative estimate of drug-likeness (QED) is 0.919. The molecule has 0 radical (unpaired) electrons. The van der Waals surface area contributed by atoms with Crippen LogP contribution in [0.25, 0.3) is 5.82 Å². The van der Waals surface area contributed by atoms with E-state index in [2.05, 4.69) is 58.2 Å². The summed E-state index contributed by atoms with van der Waals surface area (Å²) in [6.07, 6.45) is 5.58. The van der Waals surface area contributed by atoms with Crippen LogP contribution in [0.4, 0.5) is 0 Å². The number of pyridine rings is 1. The smallest absolute Gasteiger partial charge is 0.156 e.